The summed E-state index contributed by atoms with van der Waals surface area (Å²) < 4.78 is 13.8. The summed E-state index contributed by atoms with van der Waals surface area (Å²) in [5.41, 5.74) is 3.73. The molecule has 0 saturated carbocycles. The molecule has 1 N–H and O–H groups in total. The molecule has 16 heavy (non-hydrogen) atoms. The Bertz CT molecular complexity index is 548. The van der Waals surface area contributed by atoms with E-state index >= 15 is 0 Å². The van der Waals surface area contributed by atoms with E-state index in [1.165, 1.54) is 6.07 Å². The first kappa shape index (κ1) is 9.40. The van der Waals surface area contributed by atoms with Gasteiger partial charge in [-0.05, 0) is 30.2 Å². The number of nitrogens with one attached hydrogen (secondary N) is 1. The van der Waals surface area contributed by atoms with Crippen LogP contribution in [0.5, 0.6) is 0 Å². The van der Waals surface area contributed by atoms with Gasteiger partial charge in [0.2, 0.25) is 0 Å². The molecule has 1 unspecified atom stereocenters. The van der Waals surface area contributed by atoms with Gasteiger partial charge in [-0.1, -0.05) is 30.3 Å². The molecule has 1 heterocycles. The Morgan fingerprint density at radius 2 is 1.88 bits per heavy atom. The Balaban J connectivity index is 2.34. The van der Waals surface area contributed by atoms with Gasteiger partial charge in [-0.15, -0.1) is 0 Å². The summed E-state index contributed by atoms with van der Waals surface area (Å²) in [7, 11) is 0. The van der Waals surface area contributed by atoms with Crippen LogP contribution >= 0.6 is 0 Å². The van der Waals surface area contributed by atoms with Crippen molar-refractivity contribution < 1.29 is 4.39 Å². The van der Waals surface area contributed by atoms with E-state index in [9.17, 15) is 4.39 Å². The van der Waals surface area contributed by atoms with Crippen LogP contribution in [0.4, 0.5) is 10.1 Å². The predicted octanol–water partition coefficient (Wildman–Crippen LogP) is 3.98. The first-order valence-electron chi connectivity index (χ1n) is 5.42. The fourth-order valence-electron chi connectivity index (χ4n) is 2.33. The van der Waals surface area contributed by atoms with Gasteiger partial charge in [0.1, 0.15) is 5.82 Å². The van der Waals surface area contributed by atoms with Crippen molar-refractivity contribution in [1.29, 1.82) is 0 Å². The van der Waals surface area contributed by atoms with Gasteiger partial charge in [0.25, 0.3) is 0 Å². The van der Waals surface area contributed by atoms with Gasteiger partial charge in [-0.2, -0.15) is 0 Å². The summed E-state index contributed by atoms with van der Waals surface area (Å²) in [6.45, 7) is 2.09. The smallest absolute Gasteiger partial charge is 0.133 e. The lowest BCUT2D eigenvalue weighted by Gasteiger charge is -2.27. The van der Waals surface area contributed by atoms with E-state index in [-0.39, 0.29) is 11.9 Å². The maximum absolute atomic E-state index is 13.8. The van der Waals surface area contributed by atoms with Crippen molar-refractivity contribution in [2.45, 2.75) is 13.0 Å². The quantitative estimate of drug-likeness (QED) is 0.698. The summed E-state index contributed by atoms with van der Waals surface area (Å²) in [5.74, 6) is -0.163. The minimum Gasteiger partial charge on any atom is -0.378 e. The molecule has 0 spiro atoms. The molecule has 2 aromatic carbocycles. The molecule has 1 nitrogen and oxygen atoms in total. The van der Waals surface area contributed by atoms with E-state index in [4.69, 9.17) is 0 Å². The summed E-state index contributed by atoms with van der Waals surface area (Å²) in [6, 6.07) is 13.4. The van der Waals surface area contributed by atoms with Crippen LogP contribution in [0.15, 0.2) is 42.5 Å². The summed E-state index contributed by atoms with van der Waals surface area (Å²) in [5, 5.41) is 3.32. The molecule has 0 fully saturated rings. The number of benzene rings is 2. The van der Waals surface area contributed by atoms with E-state index in [1.807, 2.05) is 30.3 Å². The van der Waals surface area contributed by atoms with Crippen LogP contribution in [-0.4, -0.2) is 0 Å². The SMILES string of the molecule is CC1Nc2cccc(F)c2-c2ccccc21. The number of anilines is 1. The Morgan fingerprint density at radius 1 is 1.06 bits per heavy atom. The second-order valence-electron chi connectivity index (χ2n) is 4.12. The number of rotatable bonds is 0. The van der Waals surface area contributed by atoms with Crippen LogP contribution in [0.2, 0.25) is 0 Å². The minimum atomic E-state index is -0.163. The minimum absolute atomic E-state index is 0.163. The fourth-order valence-corrected chi connectivity index (χ4v) is 2.33. The maximum atomic E-state index is 13.8. The van der Waals surface area contributed by atoms with Gasteiger partial charge in [-0.3, -0.25) is 0 Å². The number of hydrogen-bond donors (Lipinski definition) is 1. The zero-order valence-corrected chi connectivity index (χ0v) is 9.00. The molecule has 2 heteroatoms. The van der Waals surface area contributed by atoms with Crippen LogP contribution in [0.25, 0.3) is 11.1 Å². The zero-order valence-electron chi connectivity index (χ0n) is 9.00. The molecule has 1 aliphatic rings. The Kier molecular flexibility index (Phi) is 1.96. The van der Waals surface area contributed by atoms with E-state index < -0.39 is 0 Å². The van der Waals surface area contributed by atoms with Gasteiger partial charge in [0.15, 0.2) is 0 Å². The summed E-state index contributed by atoms with van der Waals surface area (Å²) >= 11 is 0. The normalized spacial score (nSPS) is 17.2. The van der Waals surface area contributed by atoms with Gasteiger partial charge in [-0.25, -0.2) is 4.39 Å². The van der Waals surface area contributed by atoms with Crippen molar-refractivity contribution in [3.63, 3.8) is 0 Å². The van der Waals surface area contributed by atoms with Crippen LogP contribution in [0, 0.1) is 5.82 Å². The Labute approximate surface area is 93.9 Å². The van der Waals surface area contributed by atoms with Crippen molar-refractivity contribution in [3.8, 4) is 11.1 Å². The highest BCUT2D eigenvalue weighted by Crippen LogP contribution is 2.41. The van der Waals surface area contributed by atoms with Crippen molar-refractivity contribution in [1.82, 2.24) is 0 Å². The third kappa shape index (κ3) is 1.23. The van der Waals surface area contributed by atoms with E-state index in [0.29, 0.717) is 5.56 Å². The van der Waals surface area contributed by atoms with Crippen LogP contribution in [0.1, 0.15) is 18.5 Å². The van der Waals surface area contributed by atoms with Crippen molar-refractivity contribution in [3.05, 3.63) is 53.8 Å². The second kappa shape index (κ2) is 3.34. The molecule has 80 valence electrons. The molecule has 0 amide bonds. The van der Waals surface area contributed by atoms with Crippen LogP contribution < -0.4 is 5.32 Å². The second-order valence-corrected chi connectivity index (χ2v) is 4.12. The molecule has 2 aromatic rings. The highest BCUT2D eigenvalue weighted by molar-refractivity contribution is 5.84. The standard InChI is InChI=1S/C14H12FN/c1-9-10-5-2-3-6-11(10)14-12(15)7-4-8-13(14)16-9/h2-9,16H,1H3. The Morgan fingerprint density at radius 3 is 2.75 bits per heavy atom. The fraction of sp³-hybridized carbons (Fsp3) is 0.143. The van der Waals surface area contributed by atoms with Gasteiger partial charge in [0.05, 0.1) is 0 Å². The molecule has 0 aliphatic carbocycles. The molecule has 0 saturated heterocycles. The summed E-state index contributed by atoms with van der Waals surface area (Å²) in [6.07, 6.45) is 0. The molecule has 3 rings (SSSR count). The summed E-state index contributed by atoms with van der Waals surface area (Å²) in [4.78, 5) is 0. The van der Waals surface area contributed by atoms with Gasteiger partial charge < -0.3 is 5.32 Å². The topological polar surface area (TPSA) is 12.0 Å². The van der Waals surface area contributed by atoms with E-state index in [0.717, 1.165) is 16.8 Å². The predicted molar refractivity (Wildman–Crippen MR) is 63.9 cm³/mol. The first-order valence-corrected chi connectivity index (χ1v) is 5.42. The molecule has 1 atom stereocenters. The third-order valence-electron chi connectivity index (χ3n) is 3.08. The highest BCUT2D eigenvalue weighted by atomic mass is 19.1. The van der Waals surface area contributed by atoms with Crippen LogP contribution in [0.3, 0.4) is 0 Å². The lowest BCUT2D eigenvalue weighted by Crippen LogP contribution is -2.14. The van der Waals surface area contributed by atoms with E-state index in [1.54, 1.807) is 6.07 Å². The van der Waals surface area contributed by atoms with Crippen molar-refractivity contribution in [2.75, 3.05) is 5.32 Å². The maximum Gasteiger partial charge on any atom is 0.133 e. The van der Waals surface area contributed by atoms with Crippen LogP contribution in [-0.2, 0) is 0 Å². The molecule has 1 aliphatic heterocycles. The van der Waals surface area contributed by atoms with E-state index in [2.05, 4.69) is 12.2 Å². The monoisotopic (exact) mass is 213 g/mol. The number of hydrogen-bond acceptors (Lipinski definition) is 1. The average Bonchev–Trinajstić information content (AvgIpc) is 2.29. The van der Waals surface area contributed by atoms with Gasteiger partial charge in [0, 0.05) is 17.3 Å². The highest BCUT2D eigenvalue weighted by Gasteiger charge is 2.22. The largest absolute Gasteiger partial charge is 0.378 e. The molecular formula is C14H12FN. The molecule has 0 bridgehead atoms. The first-order chi connectivity index (χ1) is 7.77. The molecular weight excluding hydrogens is 201 g/mol. The molecule has 0 radical (unpaired) electrons. The zero-order chi connectivity index (χ0) is 11.1. The Hall–Kier alpha value is -1.83. The van der Waals surface area contributed by atoms with Crippen molar-refractivity contribution >= 4 is 5.69 Å². The molecule has 0 aromatic heterocycles. The van der Waals surface area contributed by atoms with Gasteiger partial charge >= 0.3 is 0 Å². The lowest BCUT2D eigenvalue weighted by atomic mass is 9.90. The van der Waals surface area contributed by atoms with Crippen molar-refractivity contribution in [2.24, 2.45) is 0 Å². The lowest BCUT2D eigenvalue weighted by molar-refractivity contribution is 0.630. The average molecular weight is 213 g/mol. The number of fused-ring (bicyclic) bond motifs is 3. The third-order valence-corrected chi connectivity index (χ3v) is 3.08. The number of halogens is 1.